The van der Waals surface area contributed by atoms with Crippen molar-refractivity contribution < 1.29 is 73.8 Å². The zero-order chi connectivity index (χ0) is 12.6. The van der Waals surface area contributed by atoms with Gasteiger partial charge in [-0.25, -0.2) is 0 Å². The molecule has 0 rings (SSSR count). The summed E-state index contributed by atoms with van der Waals surface area (Å²) < 4.78 is 46.6. The van der Waals surface area contributed by atoms with Crippen molar-refractivity contribution in [3.63, 3.8) is 0 Å². The molecule has 8 heteroatoms. The van der Waals surface area contributed by atoms with Crippen LogP contribution in [-0.4, -0.2) is 58.9 Å². The summed E-state index contributed by atoms with van der Waals surface area (Å²) in [4.78, 5) is 1.62. The second-order valence-electron chi connectivity index (χ2n) is 3.49. The molecule has 0 spiro atoms. The first-order chi connectivity index (χ1) is 7.41. The van der Waals surface area contributed by atoms with E-state index in [-0.39, 0.29) is 57.9 Å². The van der Waals surface area contributed by atoms with Gasteiger partial charge < -0.3 is 22.4 Å². The maximum absolute atomic E-state index is 12.3. The van der Waals surface area contributed by atoms with Gasteiger partial charge in [-0.15, -0.1) is 12.1 Å². The van der Waals surface area contributed by atoms with Crippen LogP contribution in [-0.2, 0) is 9.47 Å². The van der Waals surface area contributed by atoms with E-state index in [0.29, 0.717) is 26.3 Å². The SMILES string of the molecule is C=C(CN(CCOC)CCOC)[B-](F)(F)F.[K+]. The van der Waals surface area contributed by atoms with E-state index in [1.54, 1.807) is 4.90 Å². The van der Waals surface area contributed by atoms with Crippen LogP contribution in [0.2, 0.25) is 0 Å². The molecule has 0 aliphatic carbocycles. The van der Waals surface area contributed by atoms with Crippen LogP contribution in [0.4, 0.5) is 12.9 Å². The maximum Gasteiger partial charge on any atom is 1.00 e. The molecule has 0 fully saturated rings. The summed E-state index contributed by atoms with van der Waals surface area (Å²) in [6.45, 7) is -0.428. The molecule has 0 aliphatic heterocycles. The van der Waals surface area contributed by atoms with Gasteiger partial charge in [0, 0.05) is 27.3 Å². The van der Waals surface area contributed by atoms with Gasteiger partial charge in [-0.05, 0) is 6.54 Å². The summed E-state index contributed by atoms with van der Waals surface area (Å²) in [5.41, 5.74) is -0.688. The zero-order valence-corrected chi connectivity index (χ0v) is 13.8. The zero-order valence-electron chi connectivity index (χ0n) is 10.7. The fourth-order valence-electron chi connectivity index (χ4n) is 1.10. The van der Waals surface area contributed by atoms with Gasteiger partial charge in [-0.3, -0.25) is 4.90 Å². The van der Waals surface area contributed by atoms with E-state index in [9.17, 15) is 12.9 Å². The van der Waals surface area contributed by atoms with Crippen LogP contribution in [0.25, 0.3) is 0 Å². The minimum atomic E-state index is -4.96. The van der Waals surface area contributed by atoms with Crippen molar-refractivity contribution in [2.24, 2.45) is 0 Å². The number of hydrogen-bond donors (Lipinski definition) is 0. The predicted molar refractivity (Wildman–Crippen MR) is 58.4 cm³/mol. The Bertz CT molecular complexity index is 209. The van der Waals surface area contributed by atoms with Crippen molar-refractivity contribution in [1.82, 2.24) is 4.90 Å². The van der Waals surface area contributed by atoms with Gasteiger partial charge in [0.05, 0.1) is 13.2 Å². The molecule has 0 radical (unpaired) electrons. The van der Waals surface area contributed by atoms with Gasteiger partial charge >= 0.3 is 58.4 Å². The summed E-state index contributed by atoms with van der Waals surface area (Å²) in [5.74, 6) is 0. The second-order valence-corrected chi connectivity index (χ2v) is 3.49. The quantitative estimate of drug-likeness (QED) is 0.481. The van der Waals surface area contributed by atoms with Crippen molar-refractivity contribution in [1.29, 1.82) is 0 Å². The molecule has 0 atom stereocenters. The van der Waals surface area contributed by atoms with Gasteiger partial charge in [0.25, 0.3) is 0 Å². The average molecular weight is 279 g/mol. The number of hydrogen-bond acceptors (Lipinski definition) is 3. The van der Waals surface area contributed by atoms with Crippen LogP contribution in [0, 0.1) is 0 Å². The molecular formula is C9H18BF3KNO2. The molecule has 0 amide bonds. The standard InChI is InChI=1S/C9H18BF3NO2.K/c1-9(10(11,12)13)8-14(4-6-15-2)5-7-16-3;/h1,4-8H2,2-3H3;/q-1;+1. The Balaban J connectivity index is 0. The molecule has 96 valence electrons. The van der Waals surface area contributed by atoms with E-state index in [2.05, 4.69) is 6.58 Å². The normalized spacial score (nSPS) is 11.4. The predicted octanol–water partition coefficient (Wildman–Crippen LogP) is -1.47. The molecule has 0 unspecified atom stereocenters. The molecule has 0 aromatic heterocycles. The van der Waals surface area contributed by atoms with Gasteiger partial charge in [0.2, 0.25) is 0 Å². The Labute approximate surface area is 143 Å². The third kappa shape index (κ3) is 10.7. The Morgan fingerprint density at radius 3 is 1.82 bits per heavy atom. The molecule has 0 bridgehead atoms. The first-order valence-corrected chi connectivity index (χ1v) is 4.99. The fourth-order valence-corrected chi connectivity index (χ4v) is 1.10. The number of nitrogens with zero attached hydrogens (tertiary/aromatic N) is 1. The summed E-state index contributed by atoms with van der Waals surface area (Å²) in [5, 5.41) is 0. The van der Waals surface area contributed by atoms with E-state index in [4.69, 9.17) is 9.47 Å². The van der Waals surface area contributed by atoms with Gasteiger partial charge in [-0.2, -0.15) is 0 Å². The molecule has 0 aromatic carbocycles. The van der Waals surface area contributed by atoms with Crippen LogP contribution >= 0.6 is 0 Å². The molecule has 17 heavy (non-hydrogen) atoms. The first-order valence-electron chi connectivity index (χ1n) is 4.99. The largest absolute Gasteiger partial charge is 1.00 e. The summed E-state index contributed by atoms with van der Waals surface area (Å²) in [6, 6.07) is 0. The molecule has 0 N–H and O–H groups in total. The summed E-state index contributed by atoms with van der Waals surface area (Å²) in [6.07, 6.45) is 0. The number of ether oxygens (including phenoxy) is 2. The minimum absolute atomic E-state index is 0. The summed E-state index contributed by atoms with van der Waals surface area (Å²) >= 11 is 0. The smallest absolute Gasteiger partial charge is 0.445 e. The third-order valence-electron chi connectivity index (χ3n) is 2.11. The van der Waals surface area contributed by atoms with Crippen LogP contribution in [0.5, 0.6) is 0 Å². The van der Waals surface area contributed by atoms with E-state index in [1.807, 2.05) is 0 Å². The van der Waals surface area contributed by atoms with Crippen molar-refractivity contribution in [3.05, 3.63) is 12.1 Å². The first kappa shape index (κ1) is 20.4. The molecule has 0 aliphatic rings. The molecule has 0 heterocycles. The Hall–Kier alpha value is 1.11. The molecular weight excluding hydrogens is 261 g/mol. The van der Waals surface area contributed by atoms with E-state index < -0.39 is 12.4 Å². The maximum atomic E-state index is 12.3. The Morgan fingerprint density at radius 2 is 1.53 bits per heavy atom. The van der Waals surface area contributed by atoms with Crippen molar-refractivity contribution >= 4 is 6.98 Å². The van der Waals surface area contributed by atoms with Crippen LogP contribution < -0.4 is 51.4 Å². The molecule has 0 aromatic rings. The molecule has 0 saturated heterocycles. The molecule has 0 saturated carbocycles. The average Bonchev–Trinajstić information content (AvgIpc) is 2.20. The topological polar surface area (TPSA) is 21.7 Å². The van der Waals surface area contributed by atoms with E-state index in [1.165, 1.54) is 14.2 Å². The second kappa shape index (κ2) is 11.0. The van der Waals surface area contributed by atoms with Crippen molar-refractivity contribution in [2.45, 2.75) is 0 Å². The van der Waals surface area contributed by atoms with Crippen LogP contribution in [0.1, 0.15) is 0 Å². The van der Waals surface area contributed by atoms with Gasteiger partial charge in [0.1, 0.15) is 0 Å². The monoisotopic (exact) mass is 279 g/mol. The third-order valence-corrected chi connectivity index (χ3v) is 2.11. The van der Waals surface area contributed by atoms with Crippen molar-refractivity contribution in [2.75, 3.05) is 47.1 Å². The van der Waals surface area contributed by atoms with Gasteiger partial charge in [-0.1, -0.05) is 0 Å². The summed E-state index contributed by atoms with van der Waals surface area (Å²) in [7, 11) is 3.02. The number of rotatable bonds is 9. The van der Waals surface area contributed by atoms with Gasteiger partial charge in [0.15, 0.2) is 0 Å². The van der Waals surface area contributed by atoms with Crippen molar-refractivity contribution in [3.8, 4) is 0 Å². The number of methoxy groups -OCH3 is 2. The Kier molecular flexibility index (Phi) is 13.2. The minimum Gasteiger partial charge on any atom is -0.445 e. The van der Waals surface area contributed by atoms with E-state index in [0.717, 1.165) is 0 Å². The Morgan fingerprint density at radius 1 is 1.12 bits per heavy atom. The van der Waals surface area contributed by atoms with Crippen LogP contribution in [0.15, 0.2) is 12.1 Å². The number of halogens is 3. The fraction of sp³-hybridized carbons (Fsp3) is 0.778. The van der Waals surface area contributed by atoms with Crippen LogP contribution in [0.3, 0.4) is 0 Å². The van der Waals surface area contributed by atoms with E-state index >= 15 is 0 Å². The molecule has 3 nitrogen and oxygen atoms in total.